The van der Waals surface area contributed by atoms with E-state index in [0.29, 0.717) is 21.4 Å². The van der Waals surface area contributed by atoms with Crippen LogP contribution in [0.1, 0.15) is 11.1 Å². The van der Waals surface area contributed by atoms with Gasteiger partial charge in [-0.2, -0.15) is 0 Å². The standard InChI is InChI=1S/C14H15BrN2O2S/c1-9-3-6-14(10(2)7-9)20(18,19)17-11-4-5-13(16)12(15)8-11/h3-8,17H,16H2,1-2H3. The maximum atomic E-state index is 12.4. The van der Waals surface area contributed by atoms with E-state index in [2.05, 4.69) is 20.7 Å². The molecular weight excluding hydrogens is 340 g/mol. The second-order valence-electron chi connectivity index (χ2n) is 4.61. The molecule has 3 N–H and O–H groups in total. The summed E-state index contributed by atoms with van der Waals surface area (Å²) in [6.45, 7) is 3.70. The minimum absolute atomic E-state index is 0.274. The van der Waals surface area contributed by atoms with Crippen molar-refractivity contribution in [2.45, 2.75) is 18.7 Å². The highest BCUT2D eigenvalue weighted by Gasteiger charge is 2.17. The van der Waals surface area contributed by atoms with Gasteiger partial charge < -0.3 is 5.73 Å². The van der Waals surface area contributed by atoms with Crippen molar-refractivity contribution in [2.75, 3.05) is 10.5 Å². The van der Waals surface area contributed by atoms with Crippen LogP contribution in [0.3, 0.4) is 0 Å². The lowest BCUT2D eigenvalue weighted by Gasteiger charge is -2.11. The van der Waals surface area contributed by atoms with Crippen LogP contribution in [-0.4, -0.2) is 8.42 Å². The Balaban J connectivity index is 2.38. The van der Waals surface area contributed by atoms with E-state index in [0.717, 1.165) is 5.56 Å². The van der Waals surface area contributed by atoms with Gasteiger partial charge >= 0.3 is 0 Å². The molecule has 0 saturated heterocycles. The van der Waals surface area contributed by atoms with Crippen LogP contribution in [0.4, 0.5) is 11.4 Å². The van der Waals surface area contributed by atoms with Crippen molar-refractivity contribution < 1.29 is 8.42 Å². The number of hydrogen-bond acceptors (Lipinski definition) is 3. The lowest BCUT2D eigenvalue weighted by atomic mass is 10.2. The Morgan fingerprint density at radius 3 is 2.40 bits per heavy atom. The van der Waals surface area contributed by atoms with Crippen molar-refractivity contribution >= 4 is 37.3 Å². The fraction of sp³-hybridized carbons (Fsp3) is 0.143. The van der Waals surface area contributed by atoms with E-state index in [4.69, 9.17) is 5.73 Å². The highest BCUT2D eigenvalue weighted by molar-refractivity contribution is 9.10. The molecule has 4 nitrogen and oxygen atoms in total. The van der Waals surface area contributed by atoms with Gasteiger partial charge in [0.15, 0.2) is 0 Å². The van der Waals surface area contributed by atoms with Gasteiger partial charge in [0.25, 0.3) is 10.0 Å². The van der Waals surface area contributed by atoms with Crippen molar-refractivity contribution in [3.05, 3.63) is 52.0 Å². The van der Waals surface area contributed by atoms with E-state index in [9.17, 15) is 8.42 Å². The van der Waals surface area contributed by atoms with Crippen LogP contribution in [0, 0.1) is 13.8 Å². The first-order valence-corrected chi connectivity index (χ1v) is 8.22. The van der Waals surface area contributed by atoms with Crippen LogP contribution >= 0.6 is 15.9 Å². The van der Waals surface area contributed by atoms with Crippen molar-refractivity contribution in [1.29, 1.82) is 0 Å². The van der Waals surface area contributed by atoms with Crippen LogP contribution in [0.25, 0.3) is 0 Å². The molecule has 2 aromatic carbocycles. The van der Waals surface area contributed by atoms with E-state index in [1.165, 1.54) is 0 Å². The number of aryl methyl sites for hydroxylation is 2. The molecular formula is C14H15BrN2O2S. The molecule has 0 aromatic heterocycles. The summed E-state index contributed by atoms with van der Waals surface area (Å²) in [5.41, 5.74) is 8.44. The Bertz CT molecular complexity index is 758. The van der Waals surface area contributed by atoms with Crippen LogP contribution in [-0.2, 0) is 10.0 Å². The normalized spacial score (nSPS) is 11.3. The van der Waals surface area contributed by atoms with Crippen molar-refractivity contribution in [1.82, 2.24) is 0 Å². The largest absolute Gasteiger partial charge is 0.398 e. The monoisotopic (exact) mass is 354 g/mol. The number of sulfonamides is 1. The Hall–Kier alpha value is -1.53. The third-order valence-electron chi connectivity index (χ3n) is 2.87. The Kier molecular flexibility index (Phi) is 4.06. The van der Waals surface area contributed by atoms with Gasteiger partial charge in [0.1, 0.15) is 0 Å². The van der Waals surface area contributed by atoms with Gasteiger partial charge in [-0.1, -0.05) is 17.7 Å². The summed E-state index contributed by atoms with van der Waals surface area (Å²) in [7, 11) is -3.60. The van der Waals surface area contributed by atoms with E-state index < -0.39 is 10.0 Å². The molecule has 106 valence electrons. The van der Waals surface area contributed by atoms with Gasteiger partial charge in [0.05, 0.1) is 10.6 Å². The van der Waals surface area contributed by atoms with Crippen LogP contribution in [0.2, 0.25) is 0 Å². The van der Waals surface area contributed by atoms with Crippen LogP contribution in [0.15, 0.2) is 45.8 Å². The number of nitrogens with two attached hydrogens (primary N) is 1. The smallest absolute Gasteiger partial charge is 0.262 e. The maximum absolute atomic E-state index is 12.4. The number of rotatable bonds is 3. The minimum Gasteiger partial charge on any atom is -0.398 e. The minimum atomic E-state index is -3.60. The molecule has 0 radical (unpaired) electrons. The highest BCUT2D eigenvalue weighted by Crippen LogP contribution is 2.26. The average molecular weight is 355 g/mol. The topological polar surface area (TPSA) is 72.2 Å². The first-order valence-electron chi connectivity index (χ1n) is 5.95. The van der Waals surface area contributed by atoms with Gasteiger partial charge in [-0.15, -0.1) is 0 Å². The third kappa shape index (κ3) is 3.13. The predicted octanol–water partition coefficient (Wildman–Crippen LogP) is 3.45. The maximum Gasteiger partial charge on any atom is 0.262 e. The second-order valence-corrected chi connectivity index (χ2v) is 7.12. The molecule has 0 fully saturated rings. The third-order valence-corrected chi connectivity index (χ3v) is 5.10. The van der Waals surface area contributed by atoms with Gasteiger partial charge in [0.2, 0.25) is 0 Å². The zero-order valence-electron chi connectivity index (χ0n) is 11.1. The average Bonchev–Trinajstić information content (AvgIpc) is 2.33. The fourth-order valence-corrected chi connectivity index (χ4v) is 3.56. The molecule has 0 bridgehead atoms. The highest BCUT2D eigenvalue weighted by atomic mass is 79.9. The number of benzene rings is 2. The predicted molar refractivity (Wildman–Crippen MR) is 85.3 cm³/mol. The van der Waals surface area contributed by atoms with Crippen molar-refractivity contribution in [3.63, 3.8) is 0 Å². The number of nitrogens with one attached hydrogen (secondary N) is 1. The molecule has 2 rings (SSSR count). The zero-order valence-corrected chi connectivity index (χ0v) is 13.5. The van der Waals surface area contributed by atoms with E-state index >= 15 is 0 Å². The summed E-state index contributed by atoms with van der Waals surface area (Å²) in [6, 6.07) is 10.1. The molecule has 0 aliphatic heterocycles. The molecule has 6 heteroatoms. The molecule has 0 spiro atoms. The molecule has 0 unspecified atom stereocenters. The summed E-state index contributed by atoms with van der Waals surface area (Å²) in [4.78, 5) is 0.274. The van der Waals surface area contributed by atoms with E-state index in [-0.39, 0.29) is 4.90 Å². The number of hydrogen-bond donors (Lipinski definition) is 2. The SMILES string of the molecule is Cc1ccc(S(=O)(=O)Nc2ccc(N)c(Br)c2)c(C)c1. The van der Waals surface area contributed by atoms with Crippen LogP contribution < -0.4 is 10.5 Å². The fourth-order valence-electron chi connectivity index (χ4n) is 1.90. The number of anilines is 2. The molecule has 0 saturated carbocycles. The molecule has 2 aromatic rings. The summed E-state index contributed by atoms with van der Waals surface area (Å²) in [5.74, 6) is 0. The first-order chi connectivity index (χ1) is 9.29. The lowest BCUT2D eigenvalue weighted by Crippen LogP contribution is -2.14. The summed E-state index contributed by atoms with van der Waals surface area (Å²) in [6.07, 6.45) is 0. The van der Waals surface area contributed by atoms with Crippen LogP contribution in [0.5, 0.6) is 0 Å². The van der Waals surface area contributed by atoms with Crippen molar-refractivity contribution in [3.8, 4) is 0 Å². The molecule has 20 heavy (non-hydrogen) atoms. The molecule has 0 atom stereocenters. The van der Waals surface area contributed by atoms with E-state index in [1.54, 1.807) is 37.3 Å². The lowest BCUT2D eigenvalue weighted by molar-refractivity contribution is 0.600. The Morgan fingerprint density at radius 1 is 1.10 bits per heavy atom. The molecule has 0 aliphatic carbocycles. The number of halogens is 1. The summed E-state index contributed by atoms with van der Waals surface area (Å²) < 4.78 is 27.9. The second kappa shape index (κ2) is 5.46. The van der Waals surface area contributed by atoms with Gasteiger partial charge in [-0.25, -0.2) is 8.42 Å². The number of nitrogen functional groups attached to an aromatic ring is 1. The Labute approximate surface area is 127 Å². The van der Waals surface area contributed by atoms with Gasteiger partial charge in [0, 0.05) is 10.2 Å². The van der Waals surface area contributed by atoms with E-state index in [1.807, 2.05) is 13.0 Å². The Morgan fingerprint density at radius 2 is 1.80 bits per heavy atom. The molecule has 0 amide bonds. The molecule has 0 aliphatic rings. The van der Waals surface area contributed by atoms with Gasteiger partial charge in [-0.3, -0.25) is 4.72 Å². The summed E-state index contributed by atoms with van der Waals surface area (Å²) >= 11 is 3.27. The summed E-state index contributed by atoms with van der Waals surface area (Å²) in [5, 5.41) is 0. The molecule has 0 heterocycles. The van der Waals surface area contributed by atoms with Crippen molar-refractivity contribution in [2.24, 2.45) is 0 Å². The zero-order chi connectivity index (χ0) is 14.9. The quantitative estimate of drug-likeness (QED) is 0.829. The van der Waals surface area contributed by atoms with Gasteiger partial charge in [-0.05, 0) is 59.6 Å². The first kappa shape index (κ1) is 14.9.